The van der Waals surface area contributed by atoms with Crippen LogP contribution in [0.15, 0.2) is 34.7 Å². The van der Waals surface area contributed by atoms with Gasteiger partial charge >= 0.3 is 5.97 Å². The number of nitrogens with one attached hydrogen (secondary N) is 1. The lowest BCUT2D eigenvalue weighted by molar-refractivity contribution is -0.136. The number of rotatable bonds is 5. The maximum Gasteiger partial charge on any atom is 0.336 e. The number of dihydropyridines is 1. The molecule has 150 valence electrons. The number of allylic oxidation sites excluding steroid dienone is 3. The molecule has 1 unspecified atom stereocenters. The molecule has 7 heteroatoms. The second-order valence-corrected chi connectivity index (χ2v) is 6.71. The molecule has 1 aromatic carbocycles. The zero-order valence-corrected chi connectivity index (χ0v) is 16.8. The highest BCUT2D eigenvalue weighted by atomic mass is 16.5. The summed E-state index contributed by atoms with van der Waals surface area (Å²) in [6, 6.07) is 3.46. The van der Waals surface area contributed by atoms with E-state index in [9.17, 15) is 9.59 Å². The normalized spacial score (nSPS) is 19.0. The van der Waals surface area contributed by atoms with Gasteiger partial charge in [-0.3, -0.25) is 4.79 Å². The van der Waals surface area contributed by atoms with E-state index in [-0.39, 0.29) is 5.78 Å². The predicted octanol–water partition coefficient (Wildman–Crippen LogP) is 2.85. The topological polar surface area (TPSA) is 83.1 Å². The highest BCUT2D eigenvalue weighted by Gasteiger charge is 2.40. The Hall–Kier alpha value is -2.96. The summed E-state index contributed by atoms with van der Waals surface area (Å²) in [5.41, 5.74) is 3.15. The van der Waals surface area contributed by atoms with E-state index in [1.807, 2.05) is 6.92 Å². The van der Waals surface area contributed by atoms with Gasteiger partial charge in [0.25, 0.3) is 0 Å². The number of carbonyl (C=O) groups excluding carboxylic acids is 2. The zero-order valence-electron chi connectivity index (χ0n) is 16.8. The fourth-order valence-corrected chi connectivity index (χ4v) is 3.95. The van der Waals surface area contributed by atoms with Crippen molar-refractivity contribution in [2.45, 2.75) is 32.1 Å². The van der Waals surface area contributed by atoms with Crippen molar-refractivity contribution in [2.75, 3.05) is 28.4 Å². The van der Waals surface area contributed by atoms with Gasteiger partial charge < -0.3 is 24.3 Å². The molecule has 0 radical (unpaired) electrons. The monoisotopic (exact) mass is 387 g/mol. The second-order valence-electron chi connectivity index (χ2n) is 6.71. The first-order chi connectivity index (χ1) is 13.5. The third kappa shape index (κ3) is 3.21. The fraction of sp³-hybridized carbons (Fsp3) is 0.429. The molecule has 28 heavy (non-hydrogen) atoms. The van der Waals surface area contributed by atoms with Gasteiger partial charge in [-0.15, -0.1) is 0 Å². The first-order valence-electron chi connectivity index (χ1n) is 9.09. The van der Waals surface area contributed by atoms with Crippen molar-refractivity contribution in [1.29, 1.82) is 0 Å². The molecule has 3 rings (SSSR count). The number of benzene rings is 1. The molecule has 1 N–H and O–H groups in total. The van der Waals surface area contributed by atoms with Gasteiger partial charge in [0, 0.05) is 35.0 Å². The summed E-state index contributed by atoms with van der Waals surface area (Å²) >= 11 is 0. The number of methoxy groups -OCH3 is 4. The van der Waals surface area contributed by atoms with E-state index in [4.69, 9.17) is 18.9 Å². The Morgan fingerprint density at radius 3 is 2.25 bits per heavy atom. The lowest BCUT2D eigenvalue weighted by Crippen LogP contribution is -2.34. The maximum absolute atomic E-state index is 12.9. The van der Waals surface area contributed by atoms with Crippen molar-refractivity contribution >= 4 is 11.8 Å². The largest absolute Gasteiger partial charge is 0.496 e. The van der Waals surface area contributed by atoms with E-state index < -0.39 is 11.9 Å². The number of hydrogen-bond acceptors (Lipinski definition) is 7. The number of ketones is 1. The Balaban J connectivity index is 2.30. The molecular weight excluding hydrogens is 362 g/mol. The summed E-state index contributed by atoms with van der Waals surface area (Å²) in [5.74, 6) is 0.419. The van der Waals surface area contributed by atoms with Crippen LogP contribution in [0.4, 0.5) is 0 Å². The minimum atomic E-state index is -0.605. The molecule has 0 fully saturated rings. The van der Waals surface area contributed by atoms with E-state index in [0.717, 1.165) is 18.5 Å². The van der Waals surface area contributed by atoms with Gasteiger partial charge in [0.05, 0.1) is 39.9 Å². The molecule has 7 nitrogen and oxygen atoms in total. The van der Waals surface area contributed by atoms with Gasteiger partial charge in [-0.05, 0) is 25.8 Å². The molecular formula is C21H25NO6. The Kier molecular flexibility index (Phi) is 5.63. The zero-order chi connectivity index (χ0) is 20.4. The van der Waals surface area contributed by atoms with Crippen LogP contribution in [0.5, 0.6) is 17.2 Å². The molecule has 0 amide bonds. The standard InChI is InChI=1S/C21H25NO6/c1-11-18(21(24)28-5)19(20-13(22-11)7-6-8-14(20)23)12-9-16(26-3)17(27-4)10-15(12)25-2/h9-10,19,22H,6-8H2,1-5H3. The molecule has 0 aromatic heterocycles. The Morgan fingerprint density at radius 2 is 1.64 bits per heavy atom. The van der Waals surface area contributed by atoms with Crippen molar-refractivity contribution in [3.8, 4) is 17.2 Å². The summed E-state index contributed by atoms with van der Waals surface area (Å²) in [7, 11) is 5.95. The summed E-state index contributed by atoms with van der Waals surface area (Å²) in [6.07, 6.45) is 1.97. The number of esters is 1. The van der Waals surface area contributed by atoms with E-state index in [0.29, 0.717) is 46.1 Å². The lowest BCUT2D eigenvalue weighted by Gasteiger charge is -2.34. The maximum atomic E-state index is 12.9. The first kappa shape index (κ1) is 19.8. The quantitative estimate of drug-likeness (QED) is 0.778. The van der Waals surface area contributed by atoms with Gasteiger partial charge in [0.2, 0.25) is 0 Å². The number of hydrogen-bond donors (Lipinski definition) is 1. The first-order valence-corrected chi connectivity index (χ1v) is 9.09. The molecule has 1 aromatic rings. The molecule has 0 bridgehead atoms. The van der Waals surface area contributed by atoms with Crippen LogP contribution < -0.4 is 19.5 Å². The van der Waals surface area contributed by atoms with Crippen LogP contribution in [0.3, 0.4) is 0 Å². The smallest absolute Gasteiger partial charge is 0.336 e. The summed E-state index contributed by atoms with van der Waals surface area (Å²) in [5, 5.41) is 3.24. The van der Waals surface area contributed by atoms with Crippen molar-refractivity contribution in [3.05, 3.63) is 40.2 Å². The molecule has 0 spiro atoms. The summed E-state index contributed by atoms with van der Waals surface area (Å²) < 4.78 is 21.4. The minimum absolute atomic E-state index is 0.0180. The number of Topliss-reactive ketones (excluding diaryl/α,β-unsaturated/α-hetero) is 1. The Bertz CT molecular complexity index is 883. The van der Waals surface area contributed by atoms with Crippen LogP contribution in [0.25, 0.3) is 0 Å². The molecule has 1 aliphatic heterocycles. The van der Waals surface area contributed by atoms with E-state index in [1.54, 1.807) is 12.1 Å². The molecule has 2 aliphatic rings. The summed E-state index contributed by atoms with van der Waals surface area (Å²) in [6.45, 7) is 1.81. The van der Waals surface area contributed by atoms with Crippen LogP contribution in [-0.4, -0.2) is 40.2 Å². The minimum Gasteiger partial charge on any atom is -0.496 e. The van der Waals surface area contributed by atoms with E-state index >= 15 is 0 Å². The molecule has 0 saturated heterocycles. The van der Waals surface area contributed by atoms with Gasteiger partial charge in [-0.2, -0.15) is 0 Å². The molecule has 1 aliphatic carbocycles. The van der Waals surface area contributed by atoms with Crippen LogP contribution >= 0.6 is 0 Å². The van der Waals surface area contributed by atoms with Gasteiger partial charge in [-0.1, -0.05) is 0 Å². The Labute approximate surface area is 164 Å². The van der Waals surface area contributed by atoms with Crippen LogP contribution in [-0.2, 0) is 14.3 Å². The highest BCUT2D eigenvalue weighted by Crippen LogP contribution is 2.48. The average Bonchev–Trinajstić information content (AvgIpc) is 2.71. The number of carbonyl (C=O) groups is 2. The lowest BCUT2D eigenvalue weighted by atomic mass is 9.75. The number of ether oxygens (including phenoxy) is 4. The SMILES string of the molecule is COC(=O)C1=C(C)NC2=C(C(=O)CCC2)C1c1cc(OC)c(OC)cc1OC. The summed E-state index contributed by atoms with van der Waals surface area (Å²) in [4.78, 5) is 25.6. The van der Waals surface area contributed by atoms with E-state index in [2.05, 4.69) is 5.32 Å². The highest BCUT2D eigenvalue weighted by molar-refractivity contribution is 6.04. The van der Waals surface area contributed by atoms with Crippen molar-refractivity contribution in [2.24, 2.45) is 0 Å². The average molecular weight is 387 g/mol. The van der Waals surface area contributed by atoms with Crippen LogP contribution in [0.2, 0.25) is 0 Å². The van der Waals surface area contributed by atoms with Crippen molar-refractivity contribution in [1.82, 2.24) is 5.32 Å². The van der Waals surface area contributed by atoms with Crippen LogP contribution in [0, 0.1) is 0 Å². The predicted molar refractivity (Wildman–Crippen MR) is 103 cm³/mol. The van der Waals surface area contributed by atoms with Crippen LogP contribution in [0.1, 0.15) is 37.7 Å². The van der Waals surface area contributed by atoms with E-state index in [1.165, 1.54) is 28.4 Å². The van der Waals surface area contributed by atoms with Crippen molar-refractivity contribution < 1.29 is 28.5 Å². The fourth-order valence-electron chi connectivity index (χ4n) is 3.95. The van der Waals surface area contributed by atoms with Gasteiger partial charge in [0.1, 0.15) is 5.75 Å². The Morgan fingerprint density at radius 1 is 1.00 bits per heavy atom. The van der Waals surface area contributed by atoms with Gasteiger partial charge in [0.15, 0.2) is 17.3 Å². The van der Waals surface area contributed by atoms with Gasteiger partial charge in [-0.25, -0.2) is 4.79 Å². The molecule has 1 atom stereocenters. The van der Waals surface area contributed by atoms with Crippen molar-refractivity contribution in [3.63, 3.8) is 0 Å². The molecule has 1 heterocycles. The third-order valence-corrected chi connectivity index (χ3v) is 5.23. The second kappa shape index (κ2) is 7.96. The molecule has 0 saturated carbocycles. The third-order valence-electron chi connectivity index (χ3n) is 5.23.